The maximum atomic E-state index is 13.2. The molecule has 132 valence electrons. The summed E-state index contributed by atoms with van der Waals surface area (Å²) in [6, 6.07) is 7.02. The van der Waals surface area contributed by atoms with Crippen LogP contribution in [0.4, 0.5) is 10.1 Å². The summed E-state index contributed by atoms with van der Waals surface area (Å²) in [4.78, 5) is 0. The Hall–Kier alpha value is -1.86. The van der Waals surface area contributed by atoms with Gasteiger partial charge in [-0.25, -0.2) is 4.39 Å². The molecule has 0 aromatic heterocycles. The molecule has 2 saturated carbocycles. The SMILES string of the molecule is C[C@]12CC3C=NN(c4ccc(F)cc4)C3CC1CCC[C@H]2C#CCO. The molecule has 0 spiro atoms. The quantitative estimate of drug-likeness (QED) is 0.789. The largest absolute Gasteiger partial charge is 0.384 e. The summed E-state index contributed by atoms with van der Waals surface area (Å²) in [5, 5.41) is 15.8. The third kappa shape index (κ3) is 2.85. The second-order valence-electron chi connectivity index (χ2n) is 7.92. The van der Waals surface area contributed by atoms with Crippen LogP contribution in [0.3, 0.4) is 0 Å². The number of hydrazone groups is 1. The van der Waals surface area contributed by atoms with Crippen molar-refractivity contribution < 1.29 is 9.50 Å². The molecule has 1 aliphatic heterocycles. The Balaban J connectivity index is 1.58. The predicted molar refractivity (Wildman–Crippen MR) is 97.7 cm³/mol. The van der Waals surface area contributed by atoms with Gasteiger partial charge in [-0.15, -0.1) is 0 Å². The molecular weight excluding hydrogens is 315 g/mol. The molecule has 25 heavy (non-hydrogen) atoms. The maximum absolute atomic E-state index is 13.2. The number of benzene rings is 1. The second kappa shape index (κ2) is 6.46. The van der Waals surface area contributed by atoms with Crippen molar-refractivity contribution in [1.29, 1.82) is 0 Å². The molecule has 2 fully saturated rings. The first-order valence-corrected chi connectivity index (χ1v) is 9.30. The van der Waals surface area contributed by atoms with Crippen molar-refractivity contribution in [2.75, 3.05) is 11.6 Å². The van der Waals surface area contributed by atoms with E-state index in [1.165, 1.54) is 25.0 Å². The summed E-state index contributed by atoms with van der Waals surface area (Å²) in [6.45, 7) is 2.33. The van der Waals surface area contributed by atoms with E-state index in [0.29, 0.717) is 23.8 Å². The van der Waals surface area contributed by atoms with Crippen LogP contribution in [-0.4, -0.2) is 24.0 Å². The lowest BCUT2D eigenvalue weighted by Crippen LogP contribution is -2.50. The summed E-state index contributed by atoms with van der Waals surface area (Å²) in [5.74, 6) is 7.45. The van der Waals surface area contributed by atoms with E-state index < -0.39 is 0 Å². The van der Waals surface area contributed by atoms with E-state index in [9.17, 15) is 4.39 Å². The van der Waals surface area contributed by atoms with Crippen molar-refractivity contribution in [1.82, 2.24) is 0 Å². The third-order valence-corrected chi connectivity index (χ3v) is 6.61. The Morgan fingerprint density at radius 2 is 2.12 bits per heavy atom. The molecule has 4 heteroatoms. The zero-order chi connectivity index (χ0) is 17.4. The molecule has 4 rings (SSSR count). The van der Waals surface area contributed by atoms with Crippen molar-refractivity contribution in [2.45, 2.75) is 45.1 Å². The average Bonchev–Trinajstić information content (AvgIpc) is 3.00. The molecule has 0 amide bonds. The lowest BCUT2D eigenvalue weighted by Gasteiger charge is -2.52. The van der Waals surface area contributed by atoms with Crippen molar-refractivity contribution in [3.05, 3.63) is 30.1 Å². The molecule has 3 nitrogen and oxygen atoms in total. The Bertz CT molecular complexity index is 720. The fourth-order valence-corrected chi connectivity index (χ4v) is 5.25. The number of hydrogen-bond donors (Lipinski definition) is 1. The van der Waals surface area contributed by atoms with E-state index in [4.69, 9.17) is 5.11 Å². The predicted octanol–water partition coefficient (Wildman–Crippen LogP) is 3.83. The molecule has 2 aliphatic carbocycles. The number of halogens is 1. The highest BCUT2D eigenvalue weighted by Crippen LogP contribution is 2.56. The topological polar surface area (TPSA) is 35.8 Å². The fourth-order valence-electron chi connectivity index (χ4n) is 5.25. The monoisotopic (exact) mass is 340 g/mol. The average molecular weight is 340 g/mol. The molecule has 5 atom stereocenters. The van der Waals surface area contributed by atoms with Crippen molar-refractivity contribution in [3.8, 4) is 11.8 Å². The summed E-state index contributed by atoms with van der Waals surface area (Å²) in [5.41, 5.74) is 1.17. The number of hydrogen-bond acceptors (Lipinski definition) is 3. The van der Waals surface area contributed by atoms with Gasteiger partial charge in [0.15, 0.2) is 0 Å². The summed E-state index contributed by atoms with van der Waals surface area (Å²) >= 11 is 0. The van der Waals surface area contributed by atoms with Gasteiger partial charge in [0.05, 0.1) is 11.7 Å². The minimum absolute atomic E-state index is 0.0525. The first kappa shape index (κ1) is 16.6. The molecule has 1 N–H and O–H groups in total. The summed E-state index contributed by atoms with van der Waals surface area (Å²) < 4.78 is 13.2. The van der Waals surface area contributed by atoms with Gasteiger partial charge >= 0.3 is 0 Å². The zero-order valence-corrected chi connectivity index (χ0v) is 14.7. The van der Waals surface area contributed by atoms with Crippen LogP contribution >= 0.6 is 0 Å². The highest BCUT2D eigenvalue weighted by atomic mass is 19.1. The number of aliphatic hydroxyl groups excluding tert-OH is 1. The number of aliphatic hydroxyl groups is 1. The van der Waals surface area contributed by atoms with E-state index in [1.54, 1.807) is 0 Å². The molecule has 3 unspecified atom stereocenters. The van der Waals surface area contributed by atoms with Crippen molar-refractivity contribution in [3.63, 3.8) is 0 Å². The van der Waals surface area contributed by atoms with Crippen LogP contribution in [0.25, 0.3) is 0 Å². The Morgan fingerprint density at radius 1 is 1.32 bits per heavy atom. The van der Waals surface area contributed by atoms with Crippen LogP contribution in [0.5, 0.6) is 0 Å². The summed E-state index contributed by atoms with van der Waals surface area (Å²) in [6.07, 6.45) is 7.87. The first-order valence-electron chi connectivity index (χ1n) is 9.30. The van der Waals surface area contributed by atoms with E-state index in [2.05, 4.69) is 35.1 Å². The highest BCUT2D eigenvalue weighted by molar-refractivity contribution is 5.70. The Labute approximate surface area is 148 Å². The minimum atomic E-state index is -0.211. The molecule has 3 aliphatic rings. The van der Waals surface area contributed by atoms with E-state index in [-0.39, 0.29) is 17.8 Å². The van der Waals surface area contributed by atoms with Gasteiger partial charge in [-0.3, -0.25) is 5.01 Å². The number of anilines is 1. The highest BCUT2D eigenvalue weighted by Gasteiger charge is 2.52. The lowest BCUT2D eigenvalue weighted by molar-refractivity contribution is 0.00999. The van der Waals surface area contributed by atoms with Crippen LogP contribution in [0.15, 0.2) is 29.4 Å². The van der Waals surface area contributed by atoms with E-state index in [1.807, 2.05) is 12.1 Å². The number of nitrogens with zero attached hydrogens (tertiary/aromatic N) is 2. The van der Waals surface area contributed by atoms with Crippen LogP contribution in [0, 0.1) is 40.8 Å². The van der Waals surface area contributed by atoms with Gasteiger partial charge in [0.2, 0.25) is 0 Å². The van der Waals surface area contributed by atoms with Gasteiger partial charge in [0, 0.05) is 18.1 Å². The first-order chi connectivity index (χ1) is 12.1. The number of fused-ring (bicyclic) bond motifs is 2. The lowest BCUT2D eigenvalue weighted by atomic mass is 9.53. The van der Waals surface area contributed by atoms with Gasteiger partial charge in [0.25, 0.3) is 0 Å². The van der Waals surface area contributed by atoms with Crippen molar-refractivity contribution >= 4 is 11.9 Å². The molecule has 1 aromatic carbocycles. The van der Waals surface area contributed by atoms with Gasteiger partial charge < -0.3 is 5.11 Å². The van der Waals surface area contributed by atoms with Crippen LogP contribution < -0.4 is 5.01 Å². The van der Waals surface area contributed by atoms with E-state index >= 15 is 0 Å². The molecule has 1 heterocycles. The van der Waals surface area contributed by atoms with Gasteiger partial charge in [-0.2, -0.15) is 5.10 Å². The normalized spacial score (nSPS) is 36.4. The maximum Gasteiger partial charge on any atom is 0.123 e. The summed E-state index contributed by atoms with van der Waals surface area (Å²) in [7, 11) is 0. The van der Waals surface area contributed by atoms with Crippen molar-refractivity contribution in [2.24, 2.45) is 28.3 Å². The van der Waals surface area contributed by atoms with Gasteiger partial charge in [-0.05, 0) is 61.3 Å². The molecule has 1 aromatic rings. The molecule has 0 bridgehead atoms. The Kier molecular flexibility index (Phi) is 4.29. The second-order valence-corrected chi connectivity index (χ2v) is 7.92. The zero-order valence-electron chi connectivity index (χ0n) is 14.7. The van der Waals surface area contributed by atoms with Crippen LogP contribution in [0.1, 0.15) is 39.0 Å². The number of rotatable bonds is 1. The smallest absolute Gasteiger partial charge is 0.123 e. The molecule has 0 saturated heterocycles. The van der Waals surface area contributed by atoms with Crippen LogP contribution in [-0.2, 0) is 0 Å². The minimum Gasteiger partial charge on any atom is -0.384 e. The molecular formula is C21H25FN2O. The van der Waals surface area contributed by atoms with E-state index in [0.717, 1.165) is 24.9 Å². The van der Waals surface area contributed by atoms with Gasteiger partial charge in [0.1, 0.15) is 12.4 Å². The third-order valence-electron chi connectivity index (χ3n) is 6.61. The molecule has 0 radical (unpaired) electrons. The Morgan fingerprint density at radius 3 is 2.88 bits per heavy atom. The standard InChI is InChI=1S/C21H25FN2O/c1-21-13-15-14-23-24(19-9-7-18(22)8-10-19)20(15)12-17(21)5-2-4-16(21)6-3-11-25/h7-10,14-17,20,25H,2,4-5,11-13H2,1H3/t15?,16-,17?,20?,21+/m0/s1. The fraction of sp³-hybridized carbons (Fsp3) is 0.571. The van der Waals surface area contributed by atoms with Gasteiger partial charge in [-0.1, -0.05) is 25.2 Å². The van der Waals surface area contributed by atoms with Crippen LogP contribution in [0.2, 0.25) is 0 Å².